The van der Waals surface area contributed by atoms with Gasteiger partial charge in [0, 0.05) is 5.25 Å². The van der Waals surface area contributed by atoms with E-state index in [4.69, 9.17) is 0 Å². The van der Waals surface area contributed by atoms with Crippen LogP contribution in [0.4, 0.5) is 0 Å². The normalized spacial score (nSPS) is 31.0. The van der Waals surface area contributed by atoms with Crippen molar-refractivity contribution in [3.63, 3.8) is 0 Å². The summed E-state index contributed by atoms with van der Waals surface area (Å²) in [4.78, 5) is 4.18. The van der Waals surface area contributed by atoms with Crippen LogP contribution < -0.4 is 0 Å². The molecule has 1 aliphatic rings. The summed E-state index contributed by atoms with van der Waals surface area (Å²) < 4.78 is 0. The highest BCUT2D eigenvalue weighted by Gasteiger charge is 2.22. The number of thioether (sulfide) groups is 1. The summed E-state index contributed by atoms with van der Waals surface area (Å²) >= 11 is 6.52. The lowest BCUT2D eigenvalue weighted by Crippen LogP contribution is -2.24. The molecule has 0 aromatic heterocycles. The molecule has 1 nitrogen and oxygen atoms in total. The van der Waals surface area contributed by atoms with Crippen LogP contribution in [0.3, 0.4) is 0 Å². The molecule has 2 atom stereocenters. The van der Waals surface area contributed by atoms with Crippen molar-refractivity contribution < 1.29 is 0 Å². The van der Waals surface area contributed by atoms with E-state index in [1.54, 1.807) is 0 Å². The van der Waals surface area contributed by atoms with Crippen LogP contribution in [0.15, 0.2) is 4.99 Å². The maximum atomic E-state index is 4.61. The molecule has 0 aromatic carbocycles. The summed E-state index contributed by atoms with van der Waals surface area (Å²) in [5, 5.41) is 3.19. The van der Waals surface area contributed by atoms with Crippen molar-refractivity contribution in [3.05, 3.63) is 0 Å². The Morgan fingerprint density at radius 3 is 2.82 bits per heavy atom. The third kappa shape index (κ3) is 2.58. The maximum Gasteiger partial charge on any atom is 0.0721 e. The molecular formula is C8H13NS2. The molecule has 1 saturated carbocycles. The topological polar surface area (TPSA) is 12.4 Å². The molecule has 1 rings (SSSR count). The molecule has 0 aliphatic heterocycles. The SMILES string of the molecule is CSC1CCCCC1N=C=S. The van der Waals surface area contributed by atoms with E-state index in [9.17, 15) is 0 Å². The van der Waals surface area contributed by atoms with Gasteiger partial charge in [-0.1, -0.05) is 12.8 Å². The molecule has 62 valence electrons. The minimum absolute atomic E-state index is 0.455. The van der Waals surface area contributed by atoms with Crippen molar-refractivity contribution in [1.82, 2.24) is 0 Å². The zero-order valence-corrected chi connectivity index (χ0v) is 8.38. The van der Waals surface area contributed by atoms with E-state index in [-0.39, 0.29) is 0 Å². The second-order valence-corrected chi connectivity index (χ2v) is 4.11. The van der Waals surface area contributed by atoms with E-state index in [2.05, 4.69) is 28.6 Å². The van der Waals surface area contributed by atoms with Gasteiger partial charge in [-0.3, -0.25) is 0 Å². The Labute approximate surface area is 77.7 Å². The quantitative estimate of drug-likeness (QED) is 0.487. The fourth-order valence-corrected chi connectivity index (χ4v) is 2.62. The standard InChI is InChI=1S/C8H13NS2/c1-11-8-5-3-2-4-7(8)9-6-10/h7-8H,2-5H2,1H3. The molecule has 0 amide bonds. The fraction of sp³-hybridized carbons (Fsp3) is 0.875. The fourth-order valence-electron chi connectivity index (χ4n) is 1.57. The Kier molecular flexibility index (Phi) is 4.13. The van der Waals surface area contributed by atoms with Crippen LogP contribution in [-0.2, 0) is 0 Å². The van der Waals surface area contributed by atoms with Crippen molar-refractivity contribution in [3.8, 4) is 0 Å². The van der Waals surface area contributed by atoms with Gasteiger partial charge in [0.25, 0.3) is 0 Å². The van der Waals surface area contributed by atoms with Gasteiger partial charge in [0.2, 0.25) is 0 Å². The predicted molar refractivity (Wildman–Crippen MR) is 54.6 cm³/mol. The molecule has 0 heterocycles. The monoisotopic (exact) mass is 187 g/mol. The number of isothiocyanates is 1. The number of hydrogen-bond donors (Lipinski definition) is 0. The Bertz CT molecular complexity index is 163. The summed E-state index contributed by atoms with van der Waals surface area (Å²) in [7, 11) is 0. The van der Waals surface area contributed by atoms with Crippen molar-refractivity contribution in [2.75, 3.05) is 6.26 Å². The molecule has 0 aromatic rings. The van der Waals surface area contributed by atoms with Gasteiger partial charge in [-0.15, -0.1) is 0 Å². The third-order valence-corrected chi connectivity index (χ3v) is 3.45. The molecule has 11 heavy (non-hydrogen) atoms. The van der Waals surface area contributed by atoms with Gasteiger partial charge in [-0.2, -0.15) is 11.8 Å². The summed E-state index contributed by atoms with van der Waals surface area (Å²) in [6, 6.07) is 0.455. The highest BCUT2D eigenvalue weighted by atomic mass is 32.2. The van der Waals surface area contributed by atoms with Crippen LogP contribution in [0.25, 0.3) is 0 Å². The number of aliphatic imine (C=N–C) groups is 1. The predicted octanol–water partition coefficient (Wildman–Crippen LogP) is 2.76. The lowest BCUT2D eigenvalue weighted by molar-refractivity contribution is 0.457. The average molecular weight is 187 g/mol. The van der Waals surface area contributed by atoms with Crippen molar-refractivity contribution >= 4 is 29.1 Å². The molecule has 3 heteroatoms. The third-order valence-electron chi connectivity index (χ3n) is 2.19. The molecule has 0 spiro atoms. The van der Waals surface area contributed by atoms with Gasteiger partial charge in [0.1, 0.15) is 0 Å². The first-order valence-corrected chi connectivity index (χ1v) is 5.68. The van der Waals surface area contributed by atoms with Crippen LogP contribution in [0.1, 0.15) is 25.7 Å². The van der Waals surface area contributed by atoms with E-state index in [0.29, 0.717) is 11.3 Å². The van der Waals surface area contributed by atoms with Crippen molar-refractivity contribution in [2.45, 2.75) is 37.0 Å². The second kappa shape index (κ2) is 4.91. The van der Waals surface area contributed by atoms with Crippen LogP contribution in [0.5, 0.6) is 0 Å². The minimum atomic E-state index is 0.455. The van der Waals surface area contributed by atoms with Crippen molar-refractivity contribution in [2.24, 2.45) is 4.99 Å². The first kappa shape index (κ1) is 9.24. The Balaban J connectivity index is 2.50. The van der Waals surface area contributed by atoms with Gasteiger partial charge in [-0.05, 0) is 31.3 Å². The van der Waals surface area contributed by atoms with Gasteiger partial charge >= 0.3 is 0 Å². The van der Waals surface area contributed by atoms with Gasteiger partial charge < -0.3 is 0 Å². The molecule has 0 saturated heterocycles. The summed E-state index contributed by atoms with van der Waals surface area (Å²) in [5.41, 5.74) is 0. The lowest BCUT2D eigenvalue weighted by atomic mass is 9.95. The van der Waals surface area contributed by atoms with E-state index in [0.717, 1.165) is 0 Å². The number of nitrogens with zero attached hydrogens (tertiary/aromatic N) is 1. The van der Waals surface area contributed by atoms with Crippen LogP contribution >= 0.6 is 24.0 Å². The molecule has 1 fully saturated rings. The first-order chi connectivity index (χ1) is 5.38. The smallest absolute Gasteiger partial charge is 0.0721 e. The summed E-state index contributed by atoms with van der Waals surface area (Å²) in [5.74, 6) is 0. The van der Waals surface area contributed by atoms with Crippen LogP contribution in [0, 0.1) is 0 Å². The molecule has 2 unspecified atom stereocenters. The van der Waals surface area contributed by atoms with Crippen molar-refractivity contribution in [1.29, 1.82) is 0 Å². The Hall–Kier alpha value is 0.150. The van der Waals surface area contributed by atoms with E-state index >= 15 is 0 Å². The zero-order chi connectivity index (χ0) is 8.10. The highest BCUT2D eigenvalue weighted by Crippen LogP contribution is 2.28. The van der Waals surface area contributed by atoms with Gasteiger partial charge in [-0.25, -0.2) is 4.99 Å². The highest BCUT2D eigenvalue weighted by molar-refractivity contribution is 7.99. The first-order valence-electron chi connectivity index (χ1n) is 3.98. The zero-order valence-electron chi connectivity index (χ0n) is 6.75. The Morgan fingerprint density at radius 1 is 1.45 bits per heavy atom. The lowest BCUT2D eigenvalue weighted by Gasteiger charge is -2.25. The molecule has 0 N–H and O–H groups in total. The average Bonchev–Trinajstić information content (AvgIpc) is 2.06. The minimum Gasteiger partial charge on any atom is -0.228 e. The van der Waals surface area contributed by atoms with E-state index in [1.165, 1.54) is 25.7 Å². The molecule has 1 aliphatic carbocycles. The van der Waals surface area contributed by atoms with Gasteiger partial charge in [0.15, 0.2) is 0 Å². The molecule has 0 bridgehead atoms. The van der Waals surface area contributed by atoms with Gasteiger partial charge in [0.05, 0.1) is 11.2 Å². The second-order valence-electron chi connectivity index (χ2n) is 2.85. The largest absolute Gasteiger partial charge is 0.228 e. The van der Waals surface area contributed by atoms with Crippen LogP contribution in [0.2, 0.25) is 0 Å². The van der Waals surface area contributed by atoms with Crippen LogP contribution in [-0.4, -0.2) is 22.7 Å². The molecule has 0 radical (unpaired) electrons. The summed E-state index contributed by atoms with van der Waals surface area (Å²) in [6.45, 7) is 0. The van der Waals surface area contributed by atoms with E-state index in [1.807, 2.05) is 11.8 Å². The number of thiocarbonyl (C=S) groups is 1. The maximum absolute atomic E-state index is 4.61. The Morgan fingerprint density at radius 2 is 2.18 bits per heavy atom. The van der Waals surface area contributed by atoms with E-state index < -0.39 is 0 Å². The number of rotatable bonds is 2. The number of hydrogen-bond acceptors (Lipinski definition) is 3. The summed E-state index contributed by atoms with van der Waals surface area (Å²) in [6.07, 6.45) is 7.32. The molecular weight excluding hydrogens is 174 g/mol.